The molecule has 0 N–H and O–H groups in total. The van der Waals surface area contributed by atoms with Gasteiger partial charge in [0.2, 0.25) is 0 Å². The molecule has 88 valence electrons. The first-order chi connectivity index (χ1) is 7.15. The van der Waals surface area contributed by atoms with Gasteiger partial charge >= 0.3 is 0 Å². The second kappa shape index (κ2) is 4.84. The lowest BCUT2D eigenvalue weighted by Crippen LogP contribution is -2.51. The smallest absolute Gasteiger partial charge is 0.0223 e. The Morgan fingerprint density at radius 2 is 1.67 bits per heavy atom. The van der Waals surface area contributed by atoms with E-state index < -0.39 is 0 Å². The summed E-state index contributed by atoms with van der Waals surface area (Å²) in [6.45, 7) is 10.1. The molecule has 2 rings (SSSR count). The fourth-order valence-electron chi connectivity index (χ4n) is 3.45. The molecule has 0 aromatic heterocycles. The second-order valence-corrected chi connectivity index (χ2v) is 5.96. The predicted molar refractivity (Wildman–Crippen MR) is 65.0 cm³/mol. The number of piperidine rings is 2. The van der Waals surface area contributed by atoms with Gasteiger partial charge in [-0.05, 0) is 44.7 Å². The number of likely N-dealkylation sites (N-methyl/N-ethyl adjacent to an activating group) is 1. The SMILES string of the molecule is CC1CC(C)CN(C2CCCN(C)C2)C1. The summed E-state index contributed by atoms with van der Waals surface area (Å²) in [5, 5.41) is 0. The molecule has 0 bridgehead atoms. The first kappa shape index (κ1) is 11.4. The van der Waals surface area contributed by atoms with Crippen LogP contribution in [0.5, 0.6) is 0 Å². The van der Waals surface area contributed by atoms with Crippen LogP contribution in [0.25, 0.3) is 0 Å². The minimum absolute atomic E-state index is 0.842. The standard InChI is InChI=1S/C13H26N2/c1-11-7-12(2)9-15(8-11)13-5-4-6-14(3)10-13/h11-13H,4-10H2,1-3H3. The Bertz CT molecular complexity index is 195. The lowest BCUT2D eigenvalue weighted by atomic mass is 9.89. The fraction of sp³-hybridized carbons (Fsp3) is 1.00. The van der Waals surface area contributed by atoms with Gasteiger partial charge < -0.3 is 4.90 Å². The van der Waals surface area contributed by atoms with Crippen LogP contribution in [0.1, 0.15) is 33.1 Å². The summed E-state index contributed by atoms with van der Waals surface area (Å²) in [4.78, 5) is 5.26. The summed E-state index contributed by atoms with van der Waals surface area (Å²) in [5.74, 6) is 1.81. The third kappa shape index (κ3) is 2.94. The van der Waals surface area contributed by atoms with Gasteiger partial charge in [0, 0.05) is 25.7 Å². The molecule has 2 heterocycles. The van der Waals surface area contributed by atoms with Crippen LogP contribution in [0.2, 0.25) is 0 Å². The van der Waals surface area contributed by atoms with Crippen LogP contribution in [0.3, 0.4) is 0 Å². The summed E-state index contributed by atoms with van der Waals surface area (Å²) in [7, 11) is 2.27. The lowest BCUT2D eigenvalue weighted by molar-refractivity contribution is 0.0549. The Balaban J connectivity index is 1.91. The number of nitrogens with zero attached hydrogens (tertiary/aromatic N) is 2. The predicted octanol–water partition coefficient (Wildman–Crippen LogP) is 2.06. The molecule has 2 aliphatic rings. The zero-order chi connectivity index (χ0) is 10.8. The third-order valence-corrected chi connectivity index (χ3v) is 4.01. The van der Waals surface area contributed by atoms with Crippen molar-refractivity contribution in [1.29, 1.82) is 0 Å². The minimum Gasteiger partial charge on any atom is -0.305 e. The Morgan fingerprint density at radius 1 is 1.00 bits per heavy atom. The fourth-order valence-corrected chi connectivity index (χ4v) is 3.45. The van der Waals surface area contributed by atoms with Gasteiger partial charge in [0.25, 0.3) is 0 Å². The van der Waals surface area contributed by atoms with Crippen molar-refractivity contribution in [2.24, 2.45) is 11.8 Å². The van der Waals surface area contributed by atoms with Crippen molar-refractivity contribution < 1.29 is 0 Å². The van der Waals surface area contributed by atoms with Crippen molar-refractivity contribution in [2.75, 3.05) is 33.2 Å². The molecule has 0 amide bonds. The number of likely N-dealkylation sites (tertiary alicyclic amines) is 2. The molecule has 15 heavy (non-hydrogen) atoms. The van der Waals surface area contributed by atoms with E-state index in [-0.39, 0.29) is 0 Å². The first-order valence-electron chi connectivity index (χ1n) is 6.57. The molecule has 2 nitrogen and oxygen atoms in total. The average Bonchev–Trinajstić information content (AvgIpc) is 2.16. The maximum atomic E-state index is 2.76. The van der Waals surface area contributed by atoms with E-state index >= 15 is 0 Å². The van der Waals surface area contributed by atoms with Gasteiger partial charge in [-0.25, -0.2) is 0 Å². The highest BCUT2D eigenvalue weighted by molar-refractivity contribution is 4.84. The monoisotopic (exact) mass is 210 g/mol. The van der Waals surface area contributed by atoms with Crippen LogP contribution < -0.4 is 0 Å². The topological polar surface area (TPSA) is 6.48 Å². The van der Waals surface area contributed by atoms with Crippen molar-refractivity contribution in [2.45, 2.75) is 39.2 Å². The van der Waals surface area contributed by atoms with E-state index in [1.165, 1.54) is 45.4 Å². The molecule has 2 aliphatic heterocycles. The van der Waals surface area contributed by atoms with E-state index in [0.29, 0.717) is 0 Å². The minimum atomic E-state index is 0.842. The molecule has 2 heteroatoms. The number of hydrogen-bond acceptors (Lipinski definition) is 2. The van der Waals surface area contributed by atoms with Crippen molar-refractivity contribution in [3.05, 3.63) is 0 Å². The van der Waals surface area contributed by atoms with E-state index in [2.05, 4.69) is 30.7 Å². The van der Waals surface area contributed by atoms with Gasteiger partial charge in [-0.2, -0.15) is 0 Å². The van der Waals surface area contributed by atoms with Crippen molar-refractivity contribution in [3.63, 3.8) is 0 Å². The van der Waals surface area contributed by atoms with Gasteiger partial charge in [0.15, 0.2) is 0 Å². The van der Waals surface area contributed by atoms with Gasteiger partial charge in [0.05, 0.1) is 0 Å². The molecule has 3 atom stereocenters. The highest BCUT2D eigenvalue weighted by atomic mass is 15.2. The first-order valence-corrected chi connectivity index (χ1v) is 6.57. The van der Waals surface area contributed by atoms with E-state index in [1.807, 2.05) is 0 Å². The maximum absolute atomic E-state index is 2.76. The Labute approximate surface area is 94.6 Å². The molecule has 0 aliphatic carbocycles. The molecule has 3 unspecified atom stereocenters. The van der Waals surface area contributed by atoms with Gasteiger partial charge in [-0.3, -0.25) is 4.90 Å². The largest absolute Gasteiger partial charge is 0.305 e. The lowest BCUT2D eigenvalue weighted by Gasteiger charge is -2.43. The molecule has 0 aromatic carbocycles. The Morgan fingerprint density at radius 3 is 2.27 bits per heavy atom. The van der Waals surface area contributed by atoms with Gasteiger partial charge in [0.1, 0.15) is 0 Å². The van der Waals surface area contributed by atoms with Crippen molar-refractivity contribution >= 4 is 0 Å². The quantitative estimate of drug-likeness (QED) is 0.653. The number of rotatable bonds is 1. The van der Waals surface area contributed by atoms with Crippen LogP contribution >= 0.6 is 0 Å². The average molecular weight is 210 g/mol. The molecular weight excluding hydrogens is 184 g/mol. The zero-order valence-electron chi connectivity index (χ0n) is 10.6. The van der Waals surface area contributed by atoms with Crippen LogP contribution in [0.4, 0.5) is 0 Å². The highest BCUT2D eigenvalue weighted by Gasteiger charge is 2.29. The summed E-state index contributed by atoms with van der Waals surface area (Å²) in [5.41, 5.74) is 0. The summed E-state index contributed by atoms with van der Waals surface area (Å²) < 4.78 is 0. The molecule has 0 spiro atoms. The van der Waals surface area contributed by atoms with E-state index in [0.717, 1.165) is 17.9 Å². The van der Waals surface area contributed by atoms with Crippen LogP contribution in [0.15, 0.2) is 0 Å². The Kier molecular flexibility index (Phi) is 3.68. The summed E-state index contributed by atoms with van der Waals surface area (Å²) >= 11 is 0. The van der Waals surface area contributed by atoms with Crippen LogP contribution in [0, 0.1) is 11.8 Å². The Hall–Kier alpha value is -0.0800. The molecular formula is C13H26N2. The van der Waals surface area contributed by atoms with Crippen molar-refractivity contribution in [3.8, 4) is 0 Å². The summed E-state index contributed by atoms with van der Waals surface area (Å²) in [6.07, 6.45) is 4.24. The molecule has 0 radical (unpaired) electrons. The highest BCUT2D eigenvalue weighted by Crippen LogP contribution is 2.25. The normalized spacial score (nSPS) is 40.6. The molecule has 0 aromatic rings. The van der Waals surface area contributed by atoms with Gasteiger partial charge in [-0.1, -0.05) is 13.8 Å². The van der Waals surface area contributed by atoms with E-state index in [9.17, 15) is 0 Å². The third-order valence-electron chi connectivity index (χ3n) is 4.01. The van der Waals surface area contributed by atoms with Gasteiger partial charge in [-0.15, -0.1) is 0 Å². The van der Waals surface area contributed by atoms with Crippen molar-refractivity contribution in [1.82, 2.24) is 9.80 Å². The van der Waals surface area contributed by atoms with Crippen LogP contribution in [-0.2, 0) is 0 Å². The van der Waals surface area contributed by atoms with E-state index in [1.54, 1.807) is 0 Å². The molecule has 2 fully saturated rings. The van der Waals surface area contributed by atoms with Crippen LogP contribution in [-0.4, -0.2) is 49.1 Å². The van der Waals surface area contributed by atoms with E-state index in [4.69, 9.17) is 0 Å². The molecule has 0 saturated carbocycles. The number of hydrogen-bond donors (Lipinski definition) is 0. The molecule has 2 saturated heterocycles. The summed E-state index contributed by atoms with van der Waals surface area (Å²) in [6, 6.07) is 0.842. The second-order valence-electron chi connectivity index (χ2n) is 5.96. The zero-order valence-corrected chi connectivity index (χ0v) is 10.6. The maximum Gasteiger partial charge on any atom is 0.0223 e.